The molecule has 0 aliphatic rings. The number of aliphatic hydroxyl groups excluding tert-OH is 1. The molecular weight excluding hydrogens is 244 g/mol. The van der Waals surface area contributed by atoms with E-state index in [1.165, 1.54) is 4.88 Å². The van der Waals surface area contributed by atoms with Gasteiger partial charge in [0.25, 0.3) is 0 Å². The van der Waals surface area contributed by atoms with E-state index in [-0.39, 0.29) is 18.7 Å². The van der Waals surface area contributed by atoms with E-state index in [4.69, 9.17) is 5.73 Å². The van der Waals surface area contributed by atoms with Crippen LogP contribution in [0.15, 0.2) is 17.5 Å². The van der Waals surface area contributed by atoms with Crippen LogP contribution in [0.5, 0.6) is 0 Å². The molecule has 4 heteroatoms. The van der Waals surface area contributed by atoms with Gasteiger partial charge in [-0.2, -0.15) is 0 Å². The number of nitrogens with zero attached hydrogens (tertiary/aromatic N) is 1. The van der Waals surface area contributed by atoms with Crippen LogP contribution >= 0.6 is 11.3 Å². The van der Waals surface area contributed by atoms with Gasteiger partial charge in [-0.3, -0.25) is 4.90 Å². The van der Waals surface area contributed by atoms with Gasteiger partial charge in [0, 0.05) is 23.5 Å². The van der Waals surface area contributed by atoms with Crippen LogP contribution in [-0.4, -0.2) is 35.2 Å². The van der Waals surface area contributed by atoms with Gasteiger partial charge in [0.2, 0.25) is 0 Å². The first-order chi connectivity index (χ1) is 8.65. The molecule has 0 bridgehead atoms. The first-order valence-electron chi connectivity index (χ1n) is 6.81. The molecule has 3 nitrogen and oxygen atoms in total. The van der Waals surface area contributed by atoms with Crippen molar-refractivity contribution in [2.24, 2.45) is 5.73 Å². The third-order valence-corrected chi connectivity index (χ3v) is 4.40. The zero-order chi connectivity index (χ0) is 13.5. The van der Waals surface area contributed by atoms with Gasteiger partial charge in [0.15, 0.2) is 0 Å². The molecule has 0 fully saturated rings. The normalized spacial score (nSPS) is 15.3. The molecule has 18 heavy (non-hydrogen) atoms. The number of rotatable bonds is 8. The Morgan fingerprint density at radius 1 is 1.39 bits per heavy atom. The van der Waals surface area contributed by atoms with Crippen molar-refractivity contribution < 1.29 is 5.11 Å². The van der Waals surface area contributed by atoms with Gasteiger partial charge >= 0.3 is 0 Å². The van der Waals surface area contributed by atoms with Crippen molar-refractivity contribution in [1.29, 1.82) is 0 Å². The number of aliphatic hydroxyl groups is 1. The average molecular weight is 270 g/mol. The lowest BCUT2D eigenvalue weighted by molar-refractivity contribution is 0.0869. The standard InChI is InChI=1S/C14H26N2OS/c1-4-12(5-2)16(8-9-17)14(11(3)15)13-7-6-10-18-13/h6-7,10-12,14,17H,4-5,8-9,15H2,1-3H3. The Hall–Kier alpha value is -0.420. The van der Waals surface area contributed by atoms with Crippen molar-refractivity contribution in [2.75, 3.05) is 13.2 Å². The van der Waals surface area contributed by atoms with Gasteiger partial charge in [0.1, 0.15) is 0 Å². The second-order valence-corrected chi connectivity index (χ2v) is 5.73. The van der Waals surface area contributed by atoms with E-state index < -0.39 is 0 Å². The van der Waals surface area contributed by atoms with Crippen LogP contribution in [0.4, 0.5) is 0 Å². The molecule has 1 aromatic rings. The minimum absolute atomic E-state index is 0.0656. The number of hydrogen-bond donors (Lipinski definition) is 2. The Kier molecular flexibility index (Phi) is 6.86. The topological polar surface area (TPSA) is 49.5 Å². The second-order valence-electron chi connectivity index (χ2n) is 4.75. The minimum Gasteiger partial charge on any atom is -0.395 e. The average Bonchev–Trinajstić information content (AvgIpc) is 2.84. The molecule has 3 N–H and O–H groups in total. The molecule has 2 atom stereocenters. The van der Waals surface area contributed by atoms with Crippen molar-refractivity contribution in [3.63, 3.8) is 0 Å². The number of nitrogens with two attached hydrogens (primary N) is 1. The SMILES string of the molecule is CCC(CC)N(CCO)C(c1cccs1)C(C)N. The molecule has 1 heterocycles. The highest BCUT2D eigenvalue weighted by Crippen LogP contribution is 2.30. The molecule has 0 radical (unpaired) electrons. The van der Waals surface area contributed by atoms with Crippen LogP contribution in [-0.2, 0) is 0 Å². The molecule has 104 valence electrons. The highest BCUT2D eigenvalue weighted by Gasteiger charge is 2.28. The Morgan fingerprint density at radius 3 is 2.44 bits per heavy atom. The molecule has 0 amide bonds. The Balaban J connectivity index is 2.98. The second kappa shape index (κ2) is 7.89. The fraction of sp³-hybridized carbons (Fsp3) is 0.714. The van der Waals surface area contributed by atoms with Crippen LogP contribution in [0.1, 0.15) is 44.5 Å². The predicted molar refractivity (Wildman–Crippen MR) is 78.9 cm³/mol. The fourth-order valence-electron chi connectivity index (χ4n) is 2.61. The van der Waals surface area contributed by atoms with E-state index in [2.05, 4.69) is 43.2 Å². The summed E-state index contributed by atoms with van der Waals surface area (Å²) >= 11 is 1.75. The third-order valence-electron chi connectivity index (χ3n) is 3.46. The third kappa shape index (κ3) is 3.79. The van der Waals surface area contributed by atoms with E-state index in [0.717, 1.165) is 12.8 Å². The van der Waals surface area contributed by atoms with Crippen LogP contribution in [0.3, 0.4) is 0 Å². The summed E-state index contributed by atoms with van der Waals surface area (Å²) in [5.74, 6) is 0. The van der Waals surface area contributed by atoms with E-state index in [1.807, 2.05) is 0 Å². The van der Waals surface area contributed by atoms with E-state index in [1.54, 1.807) is 11.3 Å². The summed E-state index contributed by atoms with van der Waals surface area (Å²) in [6, 6.07) is 4.97. The minimum atomic E-state index is 0.0656. The van der Waals surface area contributed by atoms with E-state index in [9.17, 15) is 5.11 Å². The molecule has 0 saturated carbocycles. The molecular formula is C14H26N2OS. The molecule has 0 saturated heterocycles. The lowest BCUT2D eigenvalue weighted by Gasteiger charge is -2.38. The van der Waals surface area contributed by atoms with Gasteiger partial charge in [-0.25, -0.2) is 0 Å². The number of hydrogen-bond acceptors (Lipinski definition) is 4. The van der Waals surface area contributed by atoms with Crippen molar-refractivity contribution in [3.8, 4) is 0 Å². The summed E-state index contributed by atoms with van der Waals surface area (Å²) in [6.07, 6.45) is 2.18. The smallest absolute Gasteiger partial charge is 0.0593 e. The molecule has 2 unspecified atom stereocenters. The van der Waals surface area contributed by atoms with Crippen molar-refractivity contribution >= 4 is 11.3 Å². The summed E-state index contributed by atoms with van der Waals surface area (Å²) in [7, 11) is 0. The van der Waals surface area contributed by atoms with Crippen molar-refractivity contribution in [1.82, 2.24) is 4.90 Å². The Morgan fingerprint density at radius 2 is 2.06 bits per heavy atom. The first kappa shape index (κ1) is 15.6. The zero-order valence-corrected chi connectivity index (χ0v) is 12.5. The summed E-state index contributed by atoms with van der Waals surface area (Å²) in [4.78, 5) is 3.67. The van der Waals surface area contributed by atoms with Gasteiger partial charge in [-0.1, -0.05) is 19.9 Å². The summed E-state index contributed by atoms with van der Waals surface area (Å²) in [5, 5.41) is 11.4. The molecule has 0 spiro atoms. The molecule has 1 rings (SSSR count). The van der Waals surface area contributed by atoms with Crippen LogP contribution in [0.25, 0.3) is 0 Å². The zero-order valence-electron chi connectivity index (χ0n) is 11.7. The van der Waals surface area contributed by atoms with E-state index in [0.29, 0.717) is 12.6 Å². The lowest BCUT2D eigenvalue weighted by atomic mass is 10.0. The lowest BCUT2D eigenvalue weighted by Crippen LogP contribution is -2.45. The number of thiophene rings is 1. The van der Waals surface area contributed by atoms with E-state index >= 15 is 0 Å². The summed E-state index contributed by atoms with van der Waals surface area (Å²) in [5.41, 5.74) is 6.19. The quantitative estimate of drug-likeness (QED) is 0.763. The van der Waals surface area contributed by atoms with Crippen molar-refractivity contribution in [3.05, 3.63) is 22.4 Å². The summed E-state index contributed by atoms with van der Waals surface area (Å²) < 4.78 is 0. The van der Waals surface area contributed by atoms with Gasteiger partial charge in [-0.15, -0.1) is 11.3 Å². The maximum absolute atomic E-state index is 9.33. The molecule has 0 aromatic carbocycles. The Labute approximate surface area is 115 Å². The van der Waals surface area contributed by atoms with Gasteiger partial charge in [0.05, 0.1) is 12.6 Å². The predicted octanol–water partition coefficient (Wildman–Crippen LogP) is 2.62. The highest BCUT2D eigenvalue weighted by molar-refractivity contribution is 7.10. The maximum atomic E-state index is 9.33. The molecule has 0 aliphatic heterocycles. The summed E-state index contributed by atoms with van der Waals surface area (Å²) in [6.45, 7) is 7.33. The monoisotopic (exact) mass is 270 g/mol. The highest BCUT2D eigenvalue weighted by atomic mass is 32.1. The first-order valence-corrected chi connectivity index (χ1v) is 7.69. The maximum Gasteiger partial charge on any atom is 0.0593 e. The van der Waals surface area contributed by atoms with Crippen LogP contribution in [0, 0.1) is 0 Å². The largest absolute Gasteiger partial charge is 0.395 e. The Bertz CT molecular complexity index is 310. The fourth-order valence-corrected chi connectivity index (χ4v) is 3.57. The van der Waals surface area contributed by atoms with Crippen LogP contribution in [0.2, 0.25) is 0 Å². The van der Waals surface area contributed by atoms with Gasteiger partial charge in [-0.05, 0) is 31.2 Å². The van der Waals surface area contributed by atoms with Crippen molar-refractivity contribution in [2.45, 2.75) is 51.7 Å². The van der Waals surface area contributed by atoms with Crippen LogP contribution < -0.4 is 5.73 Å². The molecule has 0 aliphatic carbocycles. The molecule has 1 aromatic heterocycles. The van der Waals surface area contributed by atoms with Gasteiger partial charge < -0.3 is 10.8 Å².